The van der Waals surface area contributed by atoms with Crippen LogP contribution < -0.4 is 10.1 Å². The number of carboxylic acid groups (broad SMARTS) is 1. The first-order valence-electron chi connectivity index (χ1n) is 7.63. The summed E-state index contributed by atoms with van der Waals surface area (Å²) in [6, 6.07) is 12.6. The number of ether oxygens (including phenoxy) is 1. The van der Waals surface area contributed by atoms with E-state index < -0.39 is 12.0 Å². The van der Waals surface area contributed by atoms with Gasteiger partial charge in [-0.15, -0.1) is 0 Å². The zero-order chi connectivity index (χ0) is 18.2. The van der Waals surface area contributed by atoms with Gasteiger partial charge >= 0.3 is 5.97 Å². The molecule has 0 aromatic heterocycles. The fourth-order valence-corrected chi connectivity index (χ4v) is 2.27. The molecule has 1 unspecified atom stereocenters. The van der Waals surface area contributed by atoms with Gasteiger partial charge in [-0.2, -0.15) is 4.91 Å². The Balaban J connectivity index is 2.02. The molecule has 0 aliphatic carbocycles. The Bertz CT molecular complexity index is 741. The summed E-state index contributed by atoms with van der Waals surface area (Å²) >= 11 is 0. The number of carbonyl (C=O) groups excluding carboxylic acids is 1. The third-order valence-corrected chi connectivity index (χ3v) is 3.66. The fourth-order valence-electron chi connectivity index (χ4n) is 2.27. The second-order valence-corrected chi connectivity index (χ2v) is 5.36. The van der Waals surface area contributed by atoms with Crippen LogP contribution in [0.3, 0.4) is 0 Å². The average Bonchev–Trinajstić information content (AvgIpc) is 2.63. The molecule has 2 N–H and O–H groups in total. The standard InChI is InChI=1S/C18H18N2O5/c1-25-15-8-4-13(5-9-15)18(23)19-14-6-2-12(3-7-14)16(20-24)10-11-17(21)22/h2-9,16H,10-11H2,1H3,(H,19,23)(H,21,22). The minimum atomic E-state index is -0.975. The van der Waals surface area contributed by atoms with Crippen molar-refractivity contribution < 1.29 is 19.4 Å². The smallest absolute Gasteiger partial charge is 0.303 e. The normalized spacial score (nSPS) is 11.4. The van der Waals surface area contributed by atoms with Crippen molar-refractivity contribution in [2.24, 2.45) is 5.18 Å². The number of hydrogen-bond donors (Lipinski definition) is 2. The number of carbonyl (C=O) groups is 2. The third kappa shape index (κ3) is 5.13. The second kappa shape index (κ2) is 8.58. The Morgan fingerprint density at radius 3 is 2.28 bits per heavy atom. The van der Waals surface area contributed by atoms with E-state index in [1.807, 2.05) is 0 Å². The molecule has 1 amide bonds. The Morgan fingerprint density at radius 1 is 1.12 bits per heavy atom. The van der Waals surface area contributed by atoms with Gasteiger partial charge in [0.1, 0.15) is 11.8 Å². The molecule has 130 valence electrons. The summed E-state index contributed by atoms with van der Waals surface area (Å²) in [6.07, 6.45) is 0.00273. The van der Waals surface area contributed by atoms with Gasteiger partial charge in [-0.05, 0) is 48.4 Å². The molecule has 25 heavy (non-hydrogen) atoms. The number of methoxy groups -OCH3 is 1. The van der Waals surface area contributed by atoms with Crippen LogP contribution in [0.2, 0.25) is 0 Å². The number of nitrogens with one attached hydrogen (secondary N) is 1. The predicted molar refractivity (Wildman–Crippen MR) is 92.8 cm³/mol. The van der Waals surface area contributed by atoms with Crippen molar-refractivity contribution in [1.29, 1.82) is 0 Å². The van der Waals surface area contributed by atoms with E-state index in [1.165, 1.54) is 0 Å². The van der Waals surface area contributed by atoms with Gasteiger partial charge < -0.3 is 15.2 Å². The molecule has 0 heterocycles. The first-order chi connectivity index (χ1) is 12.0. The zero-order valence-corrected chi connectivity index (χ0v) is 13.6. The minimum Gasteiger partial charge on any atom is -0.497 e. The van der Waals surface area contributed by atoms with Crippen LogP contribution in [0.1, 0.15) is 34.8 Å². The van der Waals surface area contributed by atoms with E-state index in [2.05, 4.69) is 10.5 Å². The van der Waals surface area contributed by atoms with E-state index in [0.717, 1.165) is 0 Å². The number of carboxylic acids is 1. The largest absolute Gasteiger partial charge is 0.497 e. The van der Waals surface area contributed by atoms with Gasteiger partial charge in [-0.25, -0.2) is 0 Å². The van der Waals surface area contributed by atoms with Gasteiger partial charge in [0, 0.05) is 17.7 Å². The van der Waals surface area contributed by atoms with Crippen LogP contribution in [-0.4, -0.2) is 24.1 Å². The van der Waals surface area contributed by atoms with Crippen LogP contribution in [0.15, 0.2) is 53.7 Å². The van der Waals surface area contributed by atoms with Crippen molar-refractivity contribution in [2.75, 3.05) is 12.4 Å². The Morgan fingerprint density at radius 2 is 1.76 bits per heavy atom. The van der Waals surface area contributed by atoms with Gasteiger partial charge in [-0.3, -0.25) is 9.59 Å². The van der Waals surface area contributed by atoms with E-state index in [4.69, 9.17) is 9.84 Å². The molecule has 2 rings (SSSR count). The van der Waals surface area contributed by atoms with Crippen molar-refractivity contribution in [3.63, 3.8) is 0 Å². The second-order valence-electron chi connectivity index (χ2n) is 5.36. The summed E-state index contributed by atoms with van der Waals surface area (Å²) in [7, 11) is 1.55. The molecule has 1 atom stereocenters. The molecule has 0 fully saturated rings. The molecule has 0 spiro atoms. The first-order valence-corrected chi connectivity index (χ1v) is 7.63. The van der Waals surface area contributed by atoms with Gasteiger partial charge in [0.05, 0.1) is 7.11 Å². The quantitative estimate of drug-likeness (QED) is 0.713. The number of anilines is 1. The monoisotopic (exact) mass is 342 g/mol. The van der Waals surface area contributed by atoms with Crippen molar-refractivity contribution in [1.82, 2.24) is 0 Å². The van der Waals surface area contributed by atoms with Gasteiger partial charge in [0.2, 0.25) is 0 Å². The van der Waals surface area contributed by atoms with Gasteiger partial charge in [0.15, 0.2) is 0 Å². The number of nitroso groups, excluding NO2 is 1. The lowest BCUT2D eigenvalue weighted by Gasteiger charge is -2.10. The molecular formula is C18H18N2O5. The van der Waals surface area contributed by atoms with E-state index >= 15 is 0 Å². The lowest BCUT2D eigenvalue weighted by molar-refractivity contribution is -0.137. The Kier molecular flexibility index (Phi) is 6.22. The molecule has 2 aromatic carbocycles. The van der Waals surface area contributed by atoms with E-state index in [0.29, 0.717) is 22.6 Å². The highest BCUT2D eigenvalue weighted by Gasteiger charge is 2.14. The molecule has 0 bridgehead atoms. The molecule has 0 aliphatic heterocycles. The maximum Gasteiger partial charge on any atom is 0.303 e. The van der Waals surface area contributed by atoms with E-state index in [9.17, 15) is 14.5 Å². The SMILES string of the molecule is COc1ccc(C(=O)Nc2ccc(C(CCC(=O)O)N=O)cc2)cc1. The number of hydrogen-bond acceptors (Lipinski definition) is 5. The number of benzene rings is 2. The van der Waals surface area contributed by atoms with Crippen molar-refractivity contribution >= 4 is 17.6 Å². The van der Waals surface area contributed by atoms with Crippen LogP contribution in [0.4, 0.5) is 5.69 Å². The molecule has 0 saturated heterocycles. The molecule has 0 radical (unpaired) electrons. The van der Waals surface area contributed by atoms with Crippen molar-refractivity contribution in [3.05, 3.63) is 64.6 Å². The van der Waals surface area contributed by atoms with Crippen LogP contribution in [0.25, 0.3) is 0 Å². The van der Waals surface area contributed by atoms with Crippen molar-refractivity contribution in [2.45, 2.75) is 18.9 Å². The molecule has 0 saturated carbocycles. The number of aliphatic carboxylic acids is 1. The molecule has 7 nitrogen and oxygen atoms in total. The summed E-state index contributed by atoms with van der Waals surface area (Å²) in [4.78, 5) is 33.7. The average molecular weight is 342 g/mol. The molecule has 2 aromatic rings. The third-order valence-electron chi connectivity index (χ3n) is 3.66. The van der Waals surface area contributed by atoms with Crippen LogP contribution in [0.5, 0.6) is 5.75 Å². The summed E-state index contributed by atoms with van der Waals surface area (Å²) < 4.78 is 5.05. The maximum absolute atomic E-state index is 12.2. The van der Waals surface area contributed by atoms with Crippen LogP contribution in [-0.2, 0) is 4.79 Å². The molecule has 7 heteroatoms. The maximum atomic E-state index is 12.2. The molecule has 0 aliphatic rings. The summed E-state index contributed by atoms with van der Waals surface area (Å²) in [5.41, 5.74) is 1.66. The highest BCUT2D eigenvalue weighted by molar-refractivity contribution is 6.04. The lowest BCUT2D eigenvalue weighted by Crippen LogP contribution is -2.11. The number of amides is 1. The van der Waals surface area contributed by atoms with Gasteiger partial charge in [-0.1, -0.05) is 17.3 Å². The highest BCUT2D eigenvalue weighted by atomic mass is 16.5. The van der Waals surface area contributed by atoms with Crippen LogP contribution >= 0.6 is 0 Å². The van der Waals surface area contributed by atoms with E-state index in [1.54, 1.807) is 55.6 Å². The van der Waals surface area contributed by atoms with Gasteiger partial charge in [0.25, 0.3) is 5.91 Å². The Labute approximate surface area is 144 Å². The zero-order valence-electron chi connectivity index (χ0n) is 13.6. The van der Waals surface area contributed by atoms with Crippen LogP contribution in [0, 0.1) is 4.91 Å². The summed E-state index contributed by atoms with van der Waals surface area (Å²) in [6.45, 7) is 0. The highest BCUT2D eigenvalue weighted by Crippen LogP contribution is 2.24. The summed E-state index contributed by atoms with van der Waals surface area (Å²) in [5.74, 6) is -0.585. The summed E-state index contributed by atoms with van der Waals surface area (Å²) in [5, 5.41) is 14.4. The molecular weight excluding hydrogens is 324 g/mol. The first kappa shape index (κ1) is 18.1. The Hall–Kier alpha value is -3.22. The lowest BCUT2D eigenvalue weighted by atomic mass is 10.0. The predicted octanol–water partition coefficient (Wildman–Crippen LogP) is 3.62. The topological polar surface area (TPSA) is 105 Å². The number of rotatable bonds is 8. The van der Waals surface area contributed by atoms with Crippen molar-refractivity contribution in [3.8, 4) is 5.75 Å². The number of nitrogens with zero attached hydrogens (tertiary/aromatic N) is 1. The fraction of sp³-hybridized carbons (Fsp3) is 0.222. The van der Waals surface area contributed by atoms with E-state index in [-0.39, 0.29) is 18.7 Å². The minimum absolute atomic E-state index is 0.133.